The third kappa shape index (κ3) is 1.99. The molecule has 0 unspecified atom stereocenters. The summed E-state index contributed by atoms with van der Waals surface area (Å²) in [5.74, 6) is -0.848. The highest BCUT2D eigenvalue weighted by Gasteiger charge is 2.58. The van der Waals surface area contributed by atoms with Crippen molar-refractivity contribution in [1.82, 2.24) is 5.32 Å². The fraction of sp³-hybridized carbons (Fsp3) is 0.545. The quantitative estimate of drug-likeness (QED) is 0.624. The number of carbonyl (C=O) groups is 1. The van der Waals surface area contributed by atoms with Gasteiger partial charge >= 0.3 is 5.97 Å². The zero-order valence-electron chi connectivity index (χ0n) is 10.1. The third-order valence-electron chi connectivity index (χ3n) is 3.60. The molecular weight excluding hydrogens is 290 g/mol. The van der Waals surface area contributed by atoms with E-state index in [0.29, 0.717) is 0 Å². The maximum absolute atomic E-state index is 12.0. The van der Waals surface area contributed by atoms with E-state index in [1.54, 1.807) is 0 Å². The molecule has 19 heavy (non-hydrogen) atoms. The predicted molar refractivity (Wildman–Crippen MR) is 68.1 cm³/mol. The van der Waals surface area contributed by atoms with Gasteiger partial charge in [0, 0.05) is 10.8 Å². The molecule has 4 atom stereocenters. The number of methoxy groups -OCH3 is 1. The van der Waals surface area contributed by atoms with Crippen LogP contribution in [0.2, 0.25) is 0 Å². The van der Waals surface area contributed by atoms with Crippen LogP contribution in [-0.2, 0) is 23.8 Å². The van der Waals surface area contributed by atoms with Crippen LogP contribution in [0.15, 0.2) is 17.5 Å². The lowest BCUT2D eigenvalue weighted by molar-refractivity contribution is -0.144. The fourth-order valence-electron chi connectivity index (χ4n) is 2.75. The zero-order valence-corrected chi connectivity index (χ0v) is 11.7. The van der Waals surface area contributed by atoms with Crippen LogP contribution in [0, 0.1) is 5.92 Å². The maximum Gasteiger partial charge on any atom is 0.323 e. The standard InChI is InChI=1S/C11H13NO5S2/c1-16-11(13)8-6-5-17-19(14,15)10(6)9(12-8)7-3-2-4-18-7/h2-4,6,8-10,12H,5H2,1H3/t6-,8+,9+,10-/m1/s1. The van der Waals surface area contributed by atoms with Crippen molar-refractivity contribution >= 4 is 27.4 Å². The first kappa shape index (κ1) is 13.0. The molecule has 0 spiro atoms. The minimum absolute atomic E-state index is 0.0294. The van der Waals surface area contributed by atoms with Crippen LogP contribution in [0.1, 0.15) is 10.9 Å². The van der Waals surface area contributed by atoms with Crippen molar-refractivity contribution in [2.75, 3.05) is 13.7 Å². The highest BCUT2D eigenvalue weighted by Crippen LogP contribution is 2.43. The van der Waals surface area contributed by atoms with E-state index < -0.39 is 39.3 Å². The van der Waals surface area contributed by atoms with Gasteiger partial charge in [-0.1, -0.05) is 6.07 Å². The molecule has 2 aliphatic rings. The number of esters is 1. The lowest BCUT2D eigenvalue weighted by Gasteiger charge is -2.15. The van der Waals surface area contributed by atoms with Crippen LogP contribution in [0.3, 0.4) is 0 Å². The Morgan fingerprint density at radius 3 is 3.00 bits per heavy atom. The molecule has 1 N–H and O–H groups in total. The van der Waals surface area contributed by atoms with Gasteiger partial charge in [0.1, 0.15) is 11.3 Å². The molecule has 2 aliphatic heterocycles. The van der Waals surface area contributed by atoms with Crippen molar-refractivity contribution in [1.29, 1.82) is 0 Å². The van der Waals surface area contributed by atoms with E-state index in [4.69, 9.17) is 8.92 Å². The summed E-state index contributed by atoms with van der Waals surface area (Å²) in [7, 11) is -2.34. The van der Waals surface area contributed by atoms with Gasteiger partial charge in [0.05, 0.1) is 19.8 Å². The van der Waals surface area contributed by atoms with Crippen molar-refractivity contribution in [3.63, 3.8) is 0 Å². The van der Waals surface area contributed by atoms with Crippen LogP contribution in [0.5, 0.6) is 0 Å². The van der Waals surface area contributed by atoms with Crippen LogP contribution in [-0.4, -0.2) is 39.4 Å². The molecule has 3 rings (SSSR count). The molecule has 0 aliphatic carbocycles. The first-order valence-corrected chi connectivity index (χ1v) is 8.15. The average Bonchev–Trinajstić information content (AvgIpc) is 3.06. The average molecular weight is 303 g/mol. The van der Waals surface area contributed by atoms with E-state index in [9.17, 15) is 13.2 Å². The van der Waals surface area contributed by atoms with Gasteiger partial charge in [0.25, 0.3) is 10.1 Å². The number of hydrogen-bond donors (Lipinski definition) is 1. The Balaban J connectivity index is 2.00. The zero-order chi connectivity index (χ0) is 13.6. The number of hydrogen-bond acceptors (Lipinski definition) is 7. The van der Waals surface area contributed by atoms with E-state index in [-0.39, 0.29) is 6.61 Å². The summed E-state index contributed by atoms with van der Waals surface area (Å²) < 4.78 is 33.6. The smallest absolute Gasteiger partial charge is 0.323 e. The Morgan fingerprint density at radius 2 is 2.37 bits per heavy atom. The second kappa shape index (κ2) is 4.55. The monoisotopic (exact) mass is 303 g/mol. The van der Waals surface area contributed by atoms with Gasteiger partial charge in [-0.2, -0.15) is 8.42 Å². The summed E-state index contributed by atoms with van der Waals surface area (Å²) in [5, 5.41) is 4.23. The minimum Gasteiger partial charge on any atom is -0.468 e. The first-order chi connectivity index (χ1) is 9.04. The summed E-state index contributed by atoms with van der Waals surface area (Å²) in [6.07, 6.45) is 0. The molecule has 8 heteroatoms. The largest absolute Gasteiger partial charge is 0.468 e. The van der Waals surface area contributed by atoms with E-state index in [1.165, 1.54) is 18.4 Å². The molecule has 0 amide bonds. The Hall–Kier alpha value is -0.960. The molecule has 0 saturated carbocycles. The molecule has 0 radical (unpaired) electrons. The third-order valence-corrected chi connectivity index (χ3v) is 6.31. The highest BCUT2D eigenvalue weighted by molar-refractivity contribution is 7.87. The number of fused-ring (bicyclic) bond motifs is 1. The first-order valence-electron chi connectivity index (χ1n) is 5.80. The van der Waals surface area contributed by atoms with Gasteiger partial charge in [-0.15, -0.1) is 11.3 Å². The molecule has 1 aromatic rings. The minimum atomic E-state index is -3.64. The lowest BCUT2D eigenvalue weighted by Crippen LogP contribution is -2.38. The molecule has 2 fully saturated rings. The molecule has 6 nitrogen and oxygen atoms in total. The van der Waals surface area contributed by atoms with Gasteiger partial charge in [0.15, 0.2) is 0 Å². The maximum atomic E-state index is 12.0. The number of rotatable bonds is 2. The lowest BCUT2D eigenvalue weighted by atomic mass is 9.99. The van der Waals surface area contributed by atoms with Crippen LogP contribution in [0.4, 0.5) is 0 Å². The molecule has 0 bridgehead atoms. The van der Waals surface area contributed by atoms with Crippen molar-refractivity contribution in [3.8, 4) is 0 Å². The van der Waals surface area contributed by atoms with Gasteiger partial charge in [-0.05, 0) is 11.4 Å². The summed E-state index contributed by atoms with van der Waals surface area (Å²) in [4.78, 5) is 12.6. The molecular formula is C11H13NO5S2. The normalized spacial score (nSPS) is 36.1. The summed E-state index contributed by atoms with van der Waals surface area (Å²) >= 11 is 1.46. The number of thiophene rings is 1. The second-order valence-corrected chi connectivity index (χ2v) is 7.31. The molecule has 2 saturated heterocycles. The SMILES string of the molecule is COC(=O)[C@H]1N[C@@H](c2cccs2)[C@H]2[C@@H]1COS2(=O)=O. The van der Waals surface area contributed by atoms with E-state index >= 15 is 0 Å². The summed E-state index contributed by atoms with van der Waals surface area (Å²) in [5.41, 5.74) is 0. The number of ether oxygens (including phenoxy) is 1. The fourth-order valence-corrected chi connectivity index (χ4v) is 5.40. The highest BCUT2D eigenvalue weighted by atomic mass is 32.2. The van der Waals surface area contributed by atoms with Gasteiger partial charge in [0.2, 0.25) is 0 Å². The molecule has 1 aromatic heterocycles. The topological polar surface area (TPSA) is 81.7 Å². The van der Waals surface area contributed by atoms with Gasteiger partial charge in [-0.25, -0.2) is 0 Å². The van der Waals surface area contributed by atoms with Crippen LogP contribution < -0.4 is 5.32 Å². The van der Waals surface area contributed by atoms with Crippen LogP contribution >= 0.6 is 11.3 Å². The Morgan fingerprint density at radius 1 is 1.58 bits per heavy atom. The molecule has 3 heterocycles. The Bertz CT molecular complexity index is 582. The van der Waals surface area contributed by atoms with E-state index in [2.05, 4.69) is 5.32 Å². The predicted octanol–water partition coefficient (Wildman–Crippen LogP) is 0.279. The Kier molecular flexibility index (Phi) is 3.12. The molecule has 0 aromatic carbocycles. The Labute approximate surface area is 114 Å². The van der Waals surface area contributed by atoms with Crippen molar-refractivity contribution < 1.29 is 22.1 Å². The summed E-state index contributed by atoms with van der Waals surface area (Å²) in [6, 6.07) is 2.65. The van der Waals surface area contributed by atoms with Gasteiger partial charge < -0.3 is 4.74 Å². The second-order valence-electron chi connectivity index (χ2n) is 4.57. The van der Waals surface area contributed by atoms with E-state index in [1.807, 2.05) is 17.5 Å². The molecule has 104 valence electrons. The van der Waals surface area contributed by atoms with Crippen molar-refractivity contribution in [2.45, 2.75) is 17.3 Å². The van der Waals surface area contributed by atoms with Crippen molar-refractivity contribution in [3.05, 3.63) is 22.4 Å². The summed E-state index contributed by atoms with van der Waals surface area (Å²) in [6.45, 7) is 0.0294. The van der Waals surface area contributed by atoms with Gasteiger partial charge in [-0.3, -0.25) is 14.3 Å². The number of carbonyl (C=O) groups excluding carboxylic acids is 1. The van der Waals surface area contributed by atoms with E-state index in [0.717, 1.165) is 4.88 Å². The number of nitrogens with one attached hydrogen (secondary N) is 1. The van der Waals surface area contributed by atoms with Crippen molar-refractivity contribution in [2.24, 2.45) is 5.92 Å². The van der Waals surface area contributed by atoms with Crippen LogP contribution in [0.25, 0.3) is 0 Å².